The quantitative estimate of drug-likeness (QED) is 0.521. The van der Waals surface area contributed by atoms with E-state index in [4.69, 9.17) is 10.5 Å². The van der Waals surface area contributed by atoms with E-state index in [9.17, 15) is 5.11 Å². The number of aliphatic hydroxyl groups is 1. The SMILES string of the molecule is NC1CCC2OC1CCC2O. The first-order chi connectivity index (χ1) is 5.27. The molecule has 0 amide bonds. The lowest BCUT2D eigenvalue weighted by atomic mass is 9.87. The molecule has 3 N–H and O–H groups in total. The first-order valence-electron chi connectivity index (χ1n) is 4.36. The van der Waals surface area contributed by atoms with Crippen LogP contribution in [0.1, 0.15) is 25.7 Å². The summed E-state index contributed by atoms with van der Waals surface area (Å²) in [6.45, 7) is 0. The van der Waals surface area contributed by atoms with Gasteiger partial charge in [0.05, 0.1) is 18.3 Å². The van der Waals surface area contributed by atoms with Gasteiger partial charge in [0.15, 0.2) is 0 Å². The van der Waals surface area contributed by atoms with E-state index in [-0.39, 0.29) is 24.4 Å². The van der Waals surface area contributed by atoms with Crippen LogP contribution in [-0.2, 0) is 4.74 Å². The van der Waals surface area contributed by atoms with Crippen LogP contribution in [0.2, 0.25) is 0 Å². The third kappa shape index (κ3) is 1.28. The molecule has 3 nitrogen and oxygen atoms in total. The van der Waals surface area contributed by atoms with Crippen molar-refractivity contribution in [2.75, 3.05) is 0 Å². The Morgan fingerprint density at radius 2 is 1.82 bits per heavy atom. The second-order valence-corrected chi connectivity index (χ2v) is 3.60. The number of aliphatic hydroxyl groups excluding tert-OH is 1. The van der Waals surface area contributed by atoms with E-state index in [0.29, 0.717) is 0 Å². The Kier molecular flexibility index (Phi) is 1.87. The molecule has 4 unspecified atom stereocenters. The highest BCUT2D eigenvalue weighted by Crippen LogP contribution is 2.30. The highest BCUT2D eigenvalue weighted by molar-refractivity contribution is 4.89. The zero-order valence-electron chi connectivity index (χ0n) is 6.57. The van der Waals surface area contributed by atoms with Gasteiger partial charge in [0, 0.05) is 6.04 Å². The first-order valence-corrected chi connectivity index (χ1v) is 4.36. The van der Waals surface area contributed by atoms with Gasteiger partial charge in [-0.1, -0.05) is 0 Å². The number of ether oxygens (including phenoxy) is 1. The zero-order valence-corrected chi connectivity index (χ0v) is 6.57. The van der Waals surface area contributed by atoms with Crippen LogP contribution in [0, 0.1) is 0 Å². The average Bonchev–Trinajstić information content (AvgIpc) is 2.02. The Hall–Kier alpha value is -0.120. The van der Waals surface area contributed by atoms with Gasteiger partial charge in [-0.15, -0.1) is 0 Å². The van der Waals surface area contributed by atoms with Gasteiger partial charge in [0.2, 0.25) is 0 Å². The molecule has 64 valence electrons. The molecule has 0 radical (unpaired) electrons. The molecule has 3 heteroatoms. The van der Waals surface area contributed by atoms with Gasteiger partial charge >= 0.3 is 0 Å². The molecule has 2 fully saturated rings. The van der Waals surface area contributed by atoms with Gasteiger partial charge in [-0.3, -0.25) is 0 Å². The fraction of sp³-hybridized carbons (Fsp3) is 1.00. The Morgan fingerprint density at radius 1 is 1.09 bits per heavy atom. The molecule has 2 bridgehead atoms. The monoisotopic (exact) mass is 157 g/mol. The summed E-state index contributed by atoms with van der Waals surface area (Å²) in [5.41, 5.74) is 5.82. The summed E-state index contributed by atoms with van der Waals surface area (Å²) >= 11 is 0. The predicted octanol–water partition coefficient (Wildman–Crippen LogP) is 0.0160. The maximum atomic E-state index is 9.44. The standard InChI is InChI=1S/C8H15NO2/c9-5-1-3-8-6(10)2-4-7(5)11-8/h5-8,10H,1-4,9H2. The van der Waals surface area contributed by atoms with E-state index in [1.807, 2.05) is 0 Å². The third-order valence-corrected chi connectivity index (χ3v) is 2.79. The van der Waals surface area contributed by atoms with E-state index < -0.39 is 0 Å². The number of fused-ring (bicyclic) bond motifs is 2. The Balaban J connectivity index is 2.02. The molecule has 0 aromatic carbocycles. The maximum Gasteiger partial charge on any atom is 0.0839 e. The molecular weight excluding hydrogens is 142 g/mol. The highest BCUT2D eigenvalue weighted by atomic mass is 16.5. The molecular formula is C8H15NO2. The van der Waals surface area contributed by atoms with Gasteiger partial charge in [0.1, 0.15) is 0 Å². The molecule has 2 aliphatic rings. The van der Waals surface area contributed by atoms with E-state index in [1.165, 1.54) is 0 Å². The number of nitrogens with two attached hydrogens (primary N) is 1. The first kappa shape index (κ1) is 7.53. The highest BCUT2D eigenvalue weighted by Gasteiger charge is 2.36. The van der Waals surface area contributed by atoms with Crippen LogP contribution in [0.15, 0.2) is 0 Å². The minimum Gasteiger partial charge on any atom is -0.390 e. The Bertz CT molecular complexity index is 135. The molecule has 2 aliphatic heterocycles. The van der Waals surface area contributed by atoms with Crippen molar-refractivity contribution in [2.24, 2.45) is 5.73 Å². The minimum atomic E-state index is -0.237. The predicted molar refractivity (Wildman–Crippen MR) is 41.1 cm³/mol. The van der Waals surface area contributed by atoms with E-state index in [1.54, 1.807) is 0 Å². The second-order valence-electron chi connectivity index (χ2n) is 3.60. The van der Waals surface area contributed by atoms with E-state index >= 15 is 0 Å². The summed E-state index contributed by atoms with van der Waals surface area (Å²) in [6, 6.07) is 0.207. The summed E-state index contributed by atoms with van der Waals surface area (Å²) in [5.74, 6) is 0. The number of rotatable bonds is 0. The molecule has 4 atom stereocenters. The van der Waals surface area contributed by atoms with Crippen LogP contribution in [0.25, 0.3) is 0 Å². The normalized spacial score (nSPS) is 50.7. The maximum absolute atomic E-state index is 9.44. The van der Waals surface area contributed by atoms with Gasteiger partial charge in [0.25, 0.3) is 0 Å². The second kappa shape index (κ2) is 2.73. The number of hydrogen-bond acceptors (Lipinski definition) is 3. The van der Waals surface area contributed by atoms with Crippen molar-refractivity contribution in [2.45, 2.75) is 50.0 Å². The molecule has 0 saturated carbocycles. The smallest absolute Gasteiger partial charge is 0.0839 e. The summed E-state index contributed by atoms with van der Waals surface area (Å²) in [4.78, 5) is 0. The molecule has 0 aromatic rings. The van der Waals surface area contributed by atoms with Crippen LogP contribution < -0.4 is 5.73 Å². The molecule has 0 spiro atoms. The molecule has 2 saturated heterocycles. The van der Waals surface area contributed by atoms with Crippen LogP contribution >= 0.6 is 0 Å². The fourth-order valence-electron chi connectivity index (χ4n) is 2.02. The van der Waals surface area contributed by atoms with Gasteiger partial charge in [-0.05, 0) is 25.7 Å². The fourth-order valence-corrected chi connectivity index (χ4v) is 2.02. The van der Waals surface area contributed by atoms with Gasteiger partial charge in [-0.25, -0.2) is 0 Å². The Morgan fingerprint density at radius 3 is 2.64 bits per heavy atom. The molecule has 0 aromatic heterocycles. The van der Waals surface area contributed by atoms with E-state index in [2.05, 4.69) is 0 Å². The summed E-state index contributed by atoms with van der Waals surface area (Å²) < 4.78 is 5.57. The lowest BCUT2D eigenvalue weighted by molar-refractivity contribution is -0.149. The molecule has 2 rings (SSSR count). The zero-order chi connectivity index (χ0) is 7.84. The lowest BCUT2D eigenvalue weighted by Gasteiger charge is -2.41. The van der Waals surface area contributed by atoms with Crippen LogP contribution in [0.4, 0.5) is 0 Å². The summed E-state index contributed by atoms with van der Waals surface area (Å²) in [5, 5.41) is 9.44. The average molecular weight is 157 g/mol. The van der Waals surface area contributed by atoms with Crippen molar-refractivity contribution in [1.29, 1.82) is 0 Å². The van der Waals surface area contributed by atoms with Crippen molar-refractivity contribution in [3.05, 3.63) is 0 Å². The van der Waals surface area contributed by atoms with E-state index in [0.717, 1.165) is 25.7 Å². The summed E-state index contributed by atoms with van der Waals surface area (Å²) in [6.07, 6.45) is 3.79. The molecule has 11 heavy (non-hydrogen) atoms. The van der Waals surface area contributed by atoms with Crippen molar-refractivity contribution in [3.8, 4) is 0 Å². The Labute approximate surface area is 66.5 Å². The molecule has 2 heterocycles. The van der Waals surface area contributed by atoms with Crippen LogP contribution in [0.5, 0.6) is 0 Å². The van der Waals surface area contributed by atoms with Crippen molar-refractivity contribution in [3.63, 3.8) is 0 Å². The van der Waals surface area contributed by atoms with Crippen molar-refractivity contribution < 1.29 is 9.84 Å². The lowest BCUT2D eigenvalue weighted by Crippen LogP contribution is -2.51. The van der Waals surface area contributed by atoms with Gasteiger partial charge < -0.3 is 15.6 Å². The topological polar surface area (TPSA) is 55.5 Å². The summed E-state index contributed by atoms with van der Waals surface area (Å²) in [7, 11) is 0. The number of hydrogen-bond donors (Lipinski definition) is 2. The largest absolute Gasteiger partial charge is 0.390 e. The van der Waals surface area contributed by atoms with Crippen LogP contribution in [-0.4, -0.2) is 29.5 Å². The molecule has 0 aliphatic carbocycles. The minimum absolute atomic E-state index is 0.0774. The van der Waals surface area contributed by atoms with Gasteiger partial charge in [-0.2, -0.15) is 0 Å². The third-order valence-electron chi connectivity index (χ3n) is 2.79. The van der Waals surface area contributed by atoms with Crippen molar-refractivity contribution in [1.82, 2.24) is 0 Å². The van der Waals surface area contributed by atoms with Crippen LogP contribution in [0.3, 0.4) is 0 Å². The van der Waals surface area contributed by atoms with Crippen molar-refractivity contribution >= 4 is 0 Å².